The monoisotopic (exact) mass is 617 g/mol. The van der Waals surface area contributed by atoms with Gasteiger partial charge in [0.05, 0.1) is 18.3 Å². The van der Waals surface area contributed by atoms with Crippen LogP contribution in [0, 0.1) is 0 Å². The molecule has 0 bridgehead atoms. The van der Waals surface area contributed by atoms with Crippen LogP contribution in [-0.4, -0.2) is 56.3 Å². The molecular formula is C38H43N5O3. The number of benzene rings is 2. The van der Waals surface area contributed by atoms with Crippen molar-refractivity contribution < 1.29 is 14.3 Å². The van der Waals surface area contributed by atoms with Gasteiger partial charge < -0.3 is 9.64 Å². The summed E-state index contributed by atoms with van der Waals surface area (Å²) in [5.41, 5.74) is 3.60. The molecule has 2 aliphatic carbocycles. The van der Waals surface area contributed by atoms with Crippen molar-refractivity contribution >= 4 is 17.8 Å². The first-order valence-corrected chi connectivity index (χ1v) is 16.6. The highest BCUT2D eigenvalue weighted by Gasteiger charge is 2.48. The minimum atomic E-state index is -0.267. The molecule has 1 N–H and O–H groups in total. The van der Waals surface area contributed by atoms with Gasteiger partial charge in [-0.3, -0.25) is 19.6 Å². The second kappa shape index (κ2) is 15.6. The summed E-state index contributed by atoms with van der Waals surface area (Å²) in [4.78, 5) is 28.1. The number of likely N-dealkylation sites (tertiary alicyclic amines) is 1. The van der Waals surface area contributed by atoms with Crippen LogP contribution in [0.5, 0.6) is 5.75 Å². The molecule has 3 aliphatic rings. The van der Waals surface area contributed by atoms with E-state index < -0.39 is 0 Å². The molecule has 1 aromatic heterocycles. The van der Waals surface area contributed by atoms with E-state index in [0.717, 1.165) is 42.5 Å². The molecule has 0 radical (unpaired) electrons. The molecule has 238 valence electrons. The quantitative estimate of drug-likeness (QED) is 0.0733. The highest BCUT2D eigenvalue weighted by Crippen LogP contribution is 2.32. The lowest BCUT2D eigenvalue weighted by molar-refractivity contribution is -0.153. The summed E-state index contributed by atoms with van der Waals surface area (Å²) >= 11 is 0. The Morgan fingerprint density at radius 2 is 1.87 bits per heavy atom. The van der Waals surface area contributed by atoms with Gasteiger partial charge in [0.25, 0.3) is 0 Å². The second-order valence-electron chi connectivity index (χ2n) is 12.3. The molecule has 46 heavy (non-hydrogen) atoms. The van der Waals surface area contributed by atoms with Crippen molar-refractivity contribution in [3.63, 3.8) is 0 Å². The highest BCUT2D eigenvalue weighted by molar-refractivity contribution is 6.05. The fourth-order valence-corrected chi connectivity index (χ4v) is 6.44. The number of carbonyl (C=O) groups is 2. The first kappa shape index (κ1) is 31.4. The van der Waals surface area contributed by atoms with Gasteiger partial charge >= 0.3 is 0 Å². The molecule has 8 heteroatoms. The average molecular weight is 618 g/mol. The summed E-state index contributed by atoms with van der Waals surface area (Å²) in [6, 6.07) is 17.6. The average Bonchev–Trinajstić information content (AvgIpc) is 3.71. The van der Waals surface area contributed by atoms with E-state index >= 15 is 0 Å². The minimum Gasteiger partial charge on any atom is -0.494 e. The Morgan fingerprint density at radius 1 is 1.02 bits per heavy atom. The molecule has 8 nitrogen and oxygen atoms in total. The number of ketones is 1. The van der Waals surface area contributed by atoms with Crippen LogP contribution in [0.2, 0.25) is 0 Å². The number of hydrogen-bond donors (Lipinski definition) is 1. The Bertz CT molecular complexity index is 1600. The van der Waals surface area contributed by atoms with Crippen molar-refractivity contribution in [1.82, 2.24) is 25.2 Å². The molecule has 1 amide bonds. The fraction of sp³-hybridized carbons (Fsp3) is 0.368. The summed E-state index contributed by atoms with van der Waals surface area (Å²) in [6.07, 6.45) is 24.6. The number of amides is 1. The van der Waals surface area contributed by atoms with Crippen molar-refractivity contribution in [1.29, 1.82) is 0 Å². The molecule has 3 aromatic rings. The summed E-state index contributed by atoms with van der Waals surface area (Å²) in [5, 5.41) is 12.1. The lowest BCUT2D eigenvalue weighted by Crippen LogP contribution is -2.71. The normalized spacial score (nSPS) is 20.3. The predicted molar refractivity (Wildman–Crippen MR) is 180 cm³/mol. The molecule has 2 fully saturated rings. The Hall–Kier alpha value is -4.56. The smallest absolute Gasteiger partial charge is 0.243 e. The zero-order valence-corrected chi connectivity index (χ0v) is 26.3. The van der Waals surface area contributed by atoms with Gasteiger partial charge in [0, 0.05) is 37.3 Å². The summed E-state index contributed by atoms with van der Waals surface area (Å²) in [7, 11) is 0. The summed E-state index contributed by atoms with van der Waals surface area (Å²) in [6.45, 7) is 1.61. The maximum absolute atomic E-state index is 13.4. The van der Waals surface area contributed by atoms with E-state index in [0.29, 0.717) is 37.1 Å². The zero-order chi connectivity index (χ0) is 31.6. The van der Waals surface area contributed by atoms with Crippen LogP contribution in [0.1, 0.15) is 73.0 Å². The van der Waals surface area contributed by atoms with Crippen LogP contribution in [0.3, 0.4) is 0 Å². The number of allylic oxidation sites excluding steroid dienone is 6. The van der Waals surface area contributed by atoms with E-state index in [1.165, 1.54) is 25.7 Å². The topological polar surface area (TPSA) is 89.4 Å². The number of nitrogens with zero attached hydrogens (tertiary/aromatic N) is 4. The Balaban J connectivity index is 0.980. The van der Waals surface area contributed by atoms with Crippen molar-refractivity contribution in [2.75, 3.05) is 6.61 Å². The first-order valence-electron chi connectivity index (χ1n) is 16.6. The number of carbonyl (C=O) groups excluding carboxylic acids is 2. The molecule has 0 unspecified atom stereocenters. The third kappa shape index (κ3) is 8.17. The van der Waals surface area contributed by atoms with Crippen LogP contribution >= 0.6 is 0 Å². The van der Waals surface area contributed by atoms with E-state index in [-0.39, 0.29) is 23.8 Å². The van der Waals surface area contributed by atoms with Gasteiger partial charge in [0.2, 0.25) is 5.91 Å². The van der Waals surface area contributed by atoms with E-state index in [1.54, 1.807) is 18.2 Å². The van der Waals surface area contributed by atoms with Crippen molar-refractivity contribution in [3.8, 4) is 5.75 Å². The number of aromatic nitrogens is 3. The second-order valence-corrected chi connectivity index (χ2v) is 12.3. The largest absolute Gasteiger partial charge is 0.494 e. The summed E-state index contributed by atoms with van der Waals surface area (Å²) < 4.78 is 7.74. The summed E-state index contributed by atoms with van der Waals surface area (Å²) in [5.74, 6) is 0.806. The lowest BCUT2D eigenvalue weighted by atomic mass is 9.89. The van der Waals surface area contributed by atoms with E-state index in [2.05, 4.69) is 57.0 Å². The van der Waals surface area contributed by atoms with Gasteiger partial charge in [-0.2, -0.15) is 0 Å². The minimum absolute atomic E-state index is 0.0228. The number of rotatable bonds is 14. The van der Waals surface area contributed by atoms with Crippen LogP contribution in [0.25, 0.3) is 6.08 Å². The molecule has 1 saturated carbocycles. The number of aryl methyl sites for hydroxylation is 1. The lowest BCUT2D eigenvalue weighted by Gasteiger charge is -2.50. The molecule has 2 aromatic carbocycles. The maximum Gasteiger partial charge on any atom is 0.243 e. The van der Waals surface area contributed by atoms with E-state index in [9.17, 15) is 9.59 Å². The van der Waals surface area contributed by atoms with Gasteiger partial charge in [-0.1, -0.05) is 110 Å². The Morgan fingerprint density at radius 3 is 2.67 bits per heavy atom. The fourth-order valence-electron chi connectivity index (χ4n) is 6.44. The number of β-lactam (4-membered cyclic amide) rings is 1. The van der Waals surface area contributed by atoms with Crippen molar-refractivity contribution in [2.24, 2.45) is 0 Å². The third-order valence-electron chi connectivity index (χ3n) is 8.92. The first-order chi connectivity index (χ1) is 22.6. The SMILES string of the molecule is O=C(/C=C/C1=CCC=C1)c1cccc(OCCCn2cc(CN[C@@H]3C(=O)N(C4CCCCCC4)[C@@H]3/C=C/c3ccccc3)nn2)c1. The van der Waals surface area contributed by atoms with Crippen molar-refractivity contribution in [2.45, 2.75) is 82.6 Å². The van der Waals surface area contributed by atoms with E-state index in [4.69, 9.17) is 4.74 Å². The van der Waals surface area contributed by atoms with Gasteiger partial charge in [-0.25, -0.2) is 0 Å². The van der Waals surface area contributed by atoms with Gasteiger partial charge in [0.1, 0.15) is 11.8 Å². The van der Waals surface area contributed by atoms with E-state index in [1.807, 2.05) is 53.4 Å². The van der Waals surface area contributed by atoms with Crippen LogP contribution in [0.4, 0.5) is 0 Å². The van der Waals surface area contributed by atoms with Gasteiger partial charge in [-0.05, 0) is 48.6 Å². The number of ether oxygens (including phenoxy) is 1. The maximum atomic E-state index is 13.4. The molecule has 2 heterocycles. The third-order valence-corrected chi connectivity index (χ3v) is 8.92. The molecule has 1 saturated heterocycles. The molecular weight excluding hydrogens is 574 g/mol. The predicted octanol–water partition coefficient (Wildman–Crippen LogP) is 6.48. The Labute approximate surface area is 271 Å². The number of nitrogens with one attached hydrogen (secondary N) is 1. The Kier molecular flexibility index (Phi) is 10.7. The standard InChI is InChI=1S/C38H43N5O3/c44-36(23-21-30-14-8-9-15-30)31-16-10-19-34(26-31)46-25-11-24-42-28-32(40-41-42)27-39-37-35(22-20-29-12-4-3-5-13-29)43(38(37)45)33-17-6-1-2-7-18-33/h3-5,8,10,12-16,19-23,26,28,33,35,37,39H,1-2,6-7,9,11,17-18,24-25,27H2/b22-20+,23-21+/t35-,37+/m1/s1. The zero-order valence-electron chi connectivity index (χ0n) is 26.3. The van der Waals surface area contributed by atoms with Crippen LogP contribution in [0.15, 0.2) is 103 Å². The van der Waals surface area contributed by atoms with Crippen LogP contribution in [-0.2, 0) is 17.9 Å². The molecule has 6 rings (SSSR count). The molecule has 2 atom stereocenters. The molecule has 0 spiro atoms. The van der Waals surface area contributed by atoms with Gasteiger partial charge in [0.15, 0.2) is 5.78 Å². The van der Waals surface area contributed by atoms with Crippen molar-refractivity contribution in [3.05, 3.63) is 120 Å². The number of hydrogen-bond acceptors (Lipinski definition) is 6. The highest BCUT2D eigenvalue weighted by atomic mass is 16.5. The van der Waals surface area contributed by atoms with Crippen LogP contribution < -0.4 is 10.1 Å². The van der Waals surface area contributed by atoms with Gasteiger partial charge in [-0.15, -0.1) is 5.10 Å². The molecule has 1 aliphatic heterocycles.